The number of hydrogen-bond donors (Lipinski definition) is 2. The lowest BCUT2D eigenvalue weighted by Crippen LogP contribution is -2.11. The molecule has 0 amide bonds. The molecule has 13 heavy (non-hydrogen) atoms. The van der Waals surface area contributed by atoms with Gasteiger partial charge in [0.1, 0.15) is 5.84 Å². The molecule has 0 saturated carbocycles. The maximum absolute atomic E-state index is 11.2. The number of aromatic nitrogens is 2. The van der Waals surface area contributed by atoms with Gasteiger partial charge in [0, 0.05) is 18.5 Å². The van der Waals surface area contributed by atoms with Crippen LogP contribution in [0.2, 0.25) is 0 Å². The minimum atomic E-state index is -0.159. The van der Waals surface area contributed by atoms with Gasteiger partial charge in [-0.05, 0) is 0 Å². The fraction of sp³-hybridized carbons (Fsp3) is 0. The highest BCUT2D eigenvalue weighted by molar-refractivity contribution is 7.18. The van der Waals surface area contributed by atoms with E-state index in [9.17, 15) is 4.79 Å². The van der Waals surface area contributed by atoms with Crippen LogP contribution in [0.25, 0.3) is 4.96 Å². The molecule has 2 rings (SSSR count). The molecule has 0 radical (unpaired) electrons. The lowest BCUT2D eigenvalue weighted by Gasteiger charge is -1.86. The molecule has 0 bridgehead atoms. The molecular weight excluding hydrogens is 188 g/mol. The van der Waals surface area contributed by atoms with E-state index < -0.39 is 0 Å². The lowest BCUT2D eigenvalue weighted by atomic mass is 10.5. The molecule has 2 aromatic rings. The van der Waals surface area contributed by atoms with Crippen molar-refractivity contribution in [2.45, 2.75) is 0 Å². The molecular formula is C7H6N4OS. The minimum Gasteiger partial charge on any atom is -0.383 e. The van der Waals surface area contributed by atoms with Crippen LogP contribution >= 0.6 is 11.3 Å². The van der Waals surface area contributed by atoms with Crippen molar-refractivity contribution in [2.24, 2.45) is 5.73 Å². The second-order valence-electron chi connectivity index (χ2n) is 2.44. The van der Waals surface area contributed by atoms with Crippen molar-refractivity contribution in [3.8, 4) is 0 Å². The first-order valence-electron chi connectivity index (χ1n) is 3.50. The molecule has 0 spiro atoms. The third-order valence-corrected chi connectivity index (χ3v) is 2.59. The first-order chi connectivity index (χ1) is 6.18. The number of hydrogen-bond acceptors (Lipinski definition) is 4. The van der Waals surface area contributed by atoms with Crippen molar-refractivity contribution in [2.75, 3.05) is 0 Å². The summed E-state index contributed by atoms with van der Waals surface area (Å²) < 4.78 is 1.38. The molecule has 2 heterocycles. The zero-order valence-electron chi connectivity index (χ0n) is 6.52. The third-order valence-electron chi connectivity index (χ3n) is 1.56. The number of nitrogens with two attached hydrogens (primary N) is 1. The number of fused-ring (bicyclic) bond motifs is 1. The highest BCUT2D eigenvalue weighted by Crippen LogP contribution is 2.12. The molecule has 0 fully saturated rings. The molecule has 0 atom stereocenters. The fourth-order valence-corrected chi connectivity index (χ4v) is 1.78. The summed E-state index contributed by atoms with van der Waals surface area (Å²) in [6.07, 6.45) is 2.97. The largest absolute Gasteiger partial charge is 0.383 e. The highest BCUT2D eigenvalue weighted by Gasteiger charge is 2.04. The lowest BCUT2D eigenvalue weighted by molar-refractivity contribution is 1.08. The Morgan fingerprint density at radius 2 is 2.46 bits per heavy atom. The van der Waals surface area contributed by atoms with Gasteiger partial charge in [-0.15, -0.1) is 0 Å². The van der Waals surface area contributed by atoms with Crippen molar-refractivity contribution in [3.05, 3.63) is 33.7 Å². The third kappa shape index (κ3) is 1.20. The Balaban J connectivity index is 2.83. The zero-order chi connectivity index (χ0) is 9.42. The molecule has 0 aliphatic heterocycles. The van der Waals surface area contributed by atoms with Crippen LogP contribution in [0.15, 0.2) is 23.3 Å². The van der Waals surface area contributed by atoms with Gasteiger partial charge in [0.15, 0.2) is 4.96 Å². The quantitative estimate of drug-likeness (QED) is 0.496. The molecule has 0 saturated heterocycles. The average molecular weight is 194 g/mol. The number of amidine groups is 1. The molecule has 0 aliphatic rings. The summed E-state index contributed by atoms with van der Waals surface area (Å²) in [4.78, 5) is 16.3. The monoisotopic (exact) mass is 194 g/mol. The van der Waals surface area contributed by atoms with Crippen molar-refractivity contribution in [3.63, 3.8) is 0 Å². The van der Waals surface area contributed by atoms with Crippen LogP contribution in [-0.2, 0) is 0 Å². The molecule has 2 aromatic heterocycles. The van der Waals surface area contributed by atoms with Crippen molar-refractivity contribution >= 4 is 22.1 Å². The van der Waals surface area contributed by atoms with Crippen molar-refractivity contribution in [1.29, 1.82) is 5.41 Å². The van der Waals surface area contributed by atoms with Gasteiger partial charge >= 0.3 is 0 Å². The normalized spacial score (nSPS) is 10.5. The van der Waals surface area contributed by atoms with Crippen LogP contribution in [0, 0.1) is 5.41 Å². The second-order valence-corrected chi connectivity index (χ2v) is 3.45. The molecule has 5 nitrogen and oxygen atoms in total. The summed E-state index contributed by atoms with van der Waals surface area (Å²) in [7, 11) is 0. The van der Waals surface area contributed by atoms with E-state index >= 15 is 0 Å². The zero-order valence-corrected chi connectivity index (χ0v) is 7.34. The van der Waals surface area contributed by atoms with Gasteiger partial charge in [-0.1, -0.05) is 11.3 Å². The van der Waals surface area contributed by atoms with Crippen molar-refractivity contribution in [1.82, 2.24) is 9.38 Å². The first kappa shape index (κ1) is 7.93. The standard InChI is InChI=1S/C7H6N4OS/c8-6(9)4-3-11-5(12)1-2-10-7(11)13-4/h1-3H,(H3,8,9). The molecule has 0 aliphatic carbocycles. The molecule has 0 unspecified atom stereocenters. The maximum Gasteiger partial charge on any atom is 0.258 e. The van der Waals surface area contributed by atoms with E-state index in [-0.39, 0.29) is 11.4 Å². The van der Waals surface area contributed by atoms with Crippen LogP contribution in [0.3, 0.4) is 0 Å². The Morgan fingerprint density at radius 1 is 1.69 bits per heavy atom. The summed E-state index contributed by atoms with van der Waals surface area (Å²) in [5.41, 5.74) is 5.12. The van der Waals surface area contributed by atoms with E-state index in [1.165, 1.54) is 34.2 Å². The Hall–Kier alpha value is -1.69. The van der Waals surface area contributed by atoms with Crippen LogP contribution in [-0.4, -0.2) is 15.2 Å². The van der Waals surface area contributed by atoms with E-state index in [2.05, 4.69) is 4.98 Å². The topological polar surface area (TPSA) is 84.2 Å². The second kappa shape index (κ2) is 2.67. The van der Waals surface area contributed by atoms with E-state index in [4.69, 9.17) is 11.1 Å². The van der Waals surface area contributed by atoms with E-state index in [0.717, 1.165) is 0 Å². The molecule has 3 N–H and O–H groups in total. The van der Waals surface area contributed by atoms with Crippen LogP contribution < -0.4 is 11.3 Å². The minimum absolute atomic E-state index is 0.0464. The Labute approximate surface area is 77.0 Å². The smallest absolute Gasteiger partial charge is 0.258 e. The Morgan fingerprint density at radius 3 is 3.08 bits per heavy atom. The van der Waals surface area contributed by atoms with Gasteiger partial charge < -0.3 is 5.73 Å². The van der Waals surface area contributed by atoms with Gasteiger partial charge in [0.05, 0.1) is 4.88 Å². The van der Waals surface area contributed by atoms with Gasteiger partial charge in [-0.3, -0.25) is 14.6 Å². The van der Waals surface area contributed by atoms with E-state index in [1.807, 2.05) is 0 Å². The van der Waals surface area contributed by atoms with Crippen LogP contribution in [0.5, 0.6) is 0 Å². The van der Waals surface area contributed by atoms with Gasteiger partial charge in [0.25, 0.3) is 5.56 Å². The van der Waals surface area contributed by atoms with E-state index in [0.29, 0.717) is 9.84 Å². The Bertz CT molecular complexity index is 527. The van der Waals surface area contributed by atoms with Gasteiger partial charge in [0.2, 0.25) is 0 Å². The predicted molar refractivity (Wildman–Crippen MR) is 50.4 cm³/mol. The van der Waals surface area contributed by atoms with E-state index in [1.54, 1.807) is 0 Å². The van der Waals surface area contributed by atoms with Crippen molar-refractivity contribution < 1.29 is 0 Å². The summed E-state index contributed by atoms with van der Waals surface area (Å²) >= 11 is 1.22. The van der Waals surface area contributed by atoms with Crippen LogP contribution in [0.4, 0.5) is 0 Å². The van der Waals surface area contributed by atoms with Gasteiger partial charge in [-0.2, -0.15) is 0 Å². The summed E-state index contributed by atoms with van der Waals surface area (Å²) in [6, 6.07) is 1.36. The molecule has 66 valence electrons. The van der Waals surface area contributed by atoms with Gasteiger partial charge in [-0.25, -0.2) is 4.98 Å². The van der Waals surface area contributed by atoms with Crippen LogP contribution in [0.1, 0.15) is 4.88 Å². The SMILES string of the molecule is N=C(N)c1cn2c(=O)ccnc2s1. The molecule has 6 heteroatoms. The predicted octanol–water partition coefficient (Wildman–Crippen LogP) is 0.0401. The summed E-state index contributed by atoms with van der Waals surface area (Å²) in [6.45, 7) is 0. The average Bonchev–Trinajstić information content (AvgIpc) is 2.49. The Kier molecular flexibility index (Phi) is 1.63. The number of nitrogen functional groups attached to an aromatic ring is 1. The highest BCUT2D eigenvalue weighted by atomic mass is 32.1. The molecule has 0 aromatic carbocycles. The summed E-state index contributed by atoms with van der Waals surface area (Å²) in [5.74, 6) is -0.0464. The number of rotatable bonds is 1. The fourth-order valence-electron chi connectivity index (χ4n) is 0.962. The number of thiazole rings is 1. The summed E-state index contributed by atoms with van der Waals surface area (Å²) in [5, 5.41) is 7.18. The first-order valence-corrected chi connectivity index (χ1v) is 4.32. The maximum atomic E-state index is 11.2. The number of nitrogens with one attached hydrogen (secondary N) is 1. The number of nitrogens with zero attached hydrogens (tertiary/aromatic N) is 2.